The van der Waals surface area contributed by atoms with E-state index in [1.54, 1.807) is 0 Å². The zero-order valence-corrected chi connectivity index (χ0v) is 12.5. The Balaban J connectivity index is 2.09. The van der Waals surface area contributed by atoms with Crippen molar-refractivity contribution in [2.75, 3.05) is 7.11 Å². The molecular weight excluding hydrogens is 262 g/mol. The van der Waals surface area contributed by atoms with E-state index in [2.05, 4.69) is 29.0 Å². The lowest BCUT2D eigenvalue weighted by molar-refractivity contribution is -0.139. The molecule has 3 heteroatoms. The van der Waals surface area contributed by atoms with Crippen LogP contribution in [-0.4, -0.2) is 19.1 Å². The van der Waals surface area contributed by atoms with Gasteiger partial charge in [-0.3, -0.25) is 4.79 Å². The van der Waals surface area contributed by atoms with Crippen LogP contribution in [0.3, 0.4) is 0 Å². The van der Waals surface area contributed by atoms with E-state index in [4.69, 9.17) is 5.73 Å². The topological polar surface area (TPSA) is 52.3 Å². The Morgan fingerprint density at radius 1 is 1.00 bits per heavy atom. The van der Waals surface area contributed by atoms with Crippen molar-refractivity contribution in [1.29, 1.82) is 0 Å². The van der Waals surface area contributed by atoms with E-state index in [-0.39, 0.29) is 12.0 Å². The normalized spacial score (nSPS) is 12.0. The van der Waals surface area contributed by atoms with Crippen LogP contribution in [0.1, 0.15) is 18.1 Å². The number of rotatable bonds is 5. The van der Waals surface area contributed by atoms with Crippen LogP contribution in [0.5, 0.6) is 0 Å². The molecule has 0 unspecified atom stereocenters. The van der Waals surface area contributed by atoms with Gasteiger partial charge < -0.3 is 10.5 Å². The number of hydrogen-bond donors (Lipinski definition) is 1. The predicted octanol–water partition coefficient (Wildman–Crippen LogP) is 2.96. The molecule has 0 aliphatic rings. The maximum atomic E-state index is 11.2. The number of hydrogen-bond acceptors (Lipinski definition) is 3. The van der Waals surface area contributed by atoms with Crippen LogP contribution in [0.2, 0.25) is 0 Å². The summed E-state index contributed by atoms with van der Waals surface area (Å²) in [6.07, 6.45) is 1.20. The summed E-state index contributed by atoms with van der Waals surface area (Å²) >= 11 is 0. The van der Waals surface area contributed by atoms with Crippen molar-refractivity contribution in [3.63, 3.8) is 0 Å². The number of ether oxygens (including phenoxy) is 1. The standard InChI is InChI=1S/C18H21NO2/c1-13(19)11-14-3-7-16(8-4-14)17-9-5-15(6-10-17)12-18(20)21-2/h3-10,13H,11-12,19H2,1-2H3/t13-/m1/s1. The summed E-state index contributed by atoms with van der Waals surface area (Å²) in [5.41, 5.74) is 10.3. The van der Waals surface area contributed by atoms with Gasteiger partial charge in [-0.05, 0) is 35.6 Å². The van der Waals surface area contributed by atoms with Gasteiger partial charge in [-0.1, -0.05) is 48.5 Å². The molecule has 2 aromatic rings. The highest BCUT2D eigenvalue weighted by molar-refractivity contribution is 5.73. The molecule has 3 nitrogen and oxygen atoms in total. The van der Waals surface area contributed by atoms with Crippen molar-refractivity contribution >= 4 is 5.97 Å². The molecule has 0 fully saturated rings. The van der Waals surface area contributed by atoms with E-state index in [9.17, 15) is 4.79 Å². The Kier molecular flexibility index (Phi) is 5.12. The second-order valence-electron chi connectivity index (χ2n) is 5.33. The number of carbonyl (C=O) groups excluding carboxylic acids is 1. The second kappa shape index (κ2) is 7.04. The van der Waals surface area contributed by atoms with Crippen LogP contribution in [-0.2, 0) is 22.4 Å². The number of carbonyl (C=O) groups is 1. The van der Waals surface area contributed by atoms with Gasteiger partial charge in [0.2, 0.25) is 0 Å². The lowest BCUT2D eigenvalue weighted by Gasteiger charge is -2.07. The molecular formula is C18H21NO2. The molecule has 0 aliphatic carbocycles. The van der Waals surface area contributed by atoms with Crippen LogP contribution in [0.15, 0.2) is 48.5 Å². The molecule has 0 amide bonds. The Bertz CT molecular complexity index is 586. The molecule has 0 heterocycles. The smallest absolute Gasteiger partial charge is 0.309 e. The monoisotopic (exact) mass is 283 g/mol. The first-order valence-electron chi connectivity index (χ1n) is 7.09. The van der Waals surface area contributed by atoms with Gasteiger partial charge in [0, 0.05) is 6.04 Å². The third-order valence-electron chi connectivity index (χ3n) is 3.38. The third kappa shape index (κ3) is 4.43. The number of benzene rings is 2. The molecule has 0 saturated heterocycles. The van der Waals surface area contributed by atoms with E-state index >= 15 is 0 Å². The van der Waals surface area contributed by atoms with E-state index in [1.807, 2.05) is 31.2 Å². The maximum absolute atomic E-state index is 11.2. The second-order valence-corrected chi connectivity index (χ2v) is 5.33. The Hall–Kier alpha value is -2.13. The fourth-order valence-corrected chi connectivity index (χ4v) is 2.26. The number of nitrogens with two attached hydrogens (primary N) is 1. The highest BCUT2D eigenvalue weighted by atomic mass is 16.5. The molecule has 0 saturated carbocycles. The van der Waals surface area contributed by atoms with Gasteiger partial charge in [0.15, 0.2) is 0 Å². The van der Waals surface area contributed by atoms with Crippen LogP contribution in [0, 0.1) is 0 Å². The molecule has 110 valence electrons. The average molecular weight is 283 g/mol. The quantitative estimate of drug-likeness (QED) is 0.858. The minimum atomic E-state index is -0.219. The SMILES string of the molecule is COC(=O)Cc1ccc(-c2ccc(C[C@@H](C)N)cc2)cc1. The minimum absolute atomic E-state index is 0.174. The minimum Gasteiger partial charge on any atom is -0.469 e. The van der Waals surface area contributed by atoms with E-state index in [0.29, 0.717) is 6.42 Å². The van der Waals surface area contributed by atoms with Gasteiger partial charge in [-0.25, -0.2) is 0 Å². The van der Waals surface area contributed by atoms with E-state index < -0.39 is 0 Å². The summed E-state index contributed by atoms with van der Waals surface area (Å²) in [4.78, 5) is 11.2. The van der Waals surface area contributed by atoms with Crippen LogP contribution in [0.25, 0.3) is 11.1 Å². The zero-order chi connectivity index (χ0) is 15.2. The van der Waals surface area contributed by atoms with Gasteiger partial charge in [-0.15, -0.1) is 0 Å². The van der Waals surface area contributed by atoms with Crippen molar-refractivity contribution < 1.29 is 9.53 Å². The molecule has 0 radical (unpaired) electrons. The highest BCUT2D eigenvalue weighted by Gasteiger charge is 2.04. The lowest BCUT2D eigenvalue weighted by Crippen LogP contribution is -2.17. The van der Waals surface area contributed by atoms with Gasteiger partial charge in [-0.2, -0.15) is 0 Å². The van der Waals surface area contributed by atoms with E-state index in [0.717, 1.165) is 23.1 Å². The molecule has 2 aromatic carbocycles. The van der Waals surface area contributed by atoms with Crippen molar-refractivity contribution in [2.24, 2.45) is 5.73 Å². The summed E-state index contributed by atoms with van der Waals surface area (Å²) in [6.45, 7) is 2.01. The summed E-state index contributed by atoms with van der Waals surface area (Å²) in [6, 6.07) is 16.6. The Morgan fingerprint density at radius 3 is 1.90 bits per heavy atom. The molecule has 0 aromatic heterocycles. The maximum Gasteiger partial charge on any atom is 0.309 e. The lowest BCUT2D eigenvalue weighted by atomic mass is 10.00. The van der Waals surface area contributed by atoms with Crippen LogP contribution >= 0.6 is 0 Å². The van der Waals surface area contributed by atoms with E-state index in [1.165, 1.54) is 12.7 Å². The largest absolute Gasteiger partial charge is 0.469 e. The first kappa shape index (κ1) is 15.3. The molecule has 21 heavy (non-hydrogen) atoms. The first-order valence-corrected chi connectivity index (χ1v) is 7.09. The third-order valence-corrected chi connectivity index (χ3v) is 3.38. The molecule has 1 atom stereocenters. The summed E-state index contributed by atoms with van der Waals surface area (Å²) < 4.78 is 4.66. The average Bonchev–Trinajstić information content (AvgIpc) is 2.48. The molecule has 2 rings (SSSR count). The first-order chi connectivity index (χ1) is 10.1. The van der Waals surface area contributed by atoms with Gasteiger partial charge in [0.25, 0.3) is 0 Å². The van der Waals surface area contributed by atoms with Crippen LogP contribution in [0.4, 0.5) is 0 Å². The van der Waals surface area contributed by atoms with Crippen molar-refractivity contribution in [1.82, 2.24) is 0 Å². The molecule has 0 aliphatic heterocycles. The summed E-state index contributed by atoms with van der Waals surface area (Å²) in [5.74, 6) is -0.219. The summed E-state index contributed by atoms with van der Waals surface area (Å²) in [7, 11) is 1.40. The predicted molar refractivity (Wildman–Crippen MR) is 85.0 cm³/mol. The van der Waals surface area contributed by atoms with Crippen LogP contribution < -0.4 is 5.73 Å². The van der Waals surface area contributed by atoms with Crippen molar-refractivity contribution in [3.8, 4) is 11.1 Å². The highest BCUT2D eigenvalue weighted by Crippen LogP contribution is 2.21. The fraction of sp³-hybridized carbons (Fsp3) is 0.278. The van der Waals surface area contributed by atoms with Crippen molar-refractivity contribution in [2.45, 2.75) is 25.8 Å². The number of esters is 1. The molecule has 2 N–H and O–H groups in total. The van der Waals surface area contributed by atoms with Gasteiger partial charge in [0.1, 0.15) is 0 Å². The number of methoxy groups -OCH3 is 1. The van der Waals surface area contributed by atoms with Crippen molar-refractivity contribution in [3.05, 3.63) is 59.7 Å². The molecule has 0 spiro atoms. The zero-order valence-electron chi connectivity index (χ0n) is 12.5. The molecule has 0 bridgehead atoms. The summed E-state index contributed by atoms with van der Waals surface area (Å²) in [5, 5.41) is 0. The Labute approximate surface area is 125 Å². The Morgan fingerprint density at radius 2 is 1.48 bits per heavy atom. The fourth-order valence-electron chi connectivity index (χ4n) is 2.26. The van der Waals surface area contributed by atoms with Gasteiger partial charge >= 0.3 is 5.97 Å². The van der Waals surface area contributed by atoms with Gasteiger partial charge in [0.05, 0.1) is 13.5 Å².